The predicted octanol–water partition coefficient (Wildman–Crippen LogP) is 2.25. The van der Waals surface area contributed by atoms with Gasteiger partial charge in [0, 0.05) is 25.6 Å². The fourth-order valence-corrected chi connectivity index (χ4v) is 2.31. The molecule has 19 heavy (non-hydrogen) atoms. The Kier molecular flexibility index (Phi) is 4.22. The molecular formula is C15H20N2O2. The number of fused-ring (bicyclic) bond motifs is 1. The maximum absolute atomic E-state index is 12.1. The van der Waals surface area contributed by atoms with Crippen LogP contribution >= 0.6 is 0 Å². The minimum atomic E-state index is -0.0576. The van der Waals surface area contributed by atoms with Crippen LogP contribution in [0.4, 0.5) is 0 Å². The summed E-state index contributed by atoms with van der Waals surface area (Å²) in [7, 11) is 1.92. The van der Waals surface area contributed by atoms with E-state index in [1.807, 2.05) is 36.7 Å². The van der Waals surface area contributed by atoms with Crippen molar-refractivity contribution in [2.24, 2.45) is 7.05 Å². The van der Waals surface area contributed by atoms with E-state index < -0.39 is 0 Å². The molecule has 2 rings (SSSR count). The van der Waals surface area contributed by atoms with Crippen LogP contribution in [0.5, 0.6) is 0 Å². The second-order valence-electron chi connectivity index (χ2n) is 4.55. The fourth-order valence-electron chi connectivity index (χ4n) is 2.31. The third-order valence-electron chi connectivity index (χ3n) is 3.23. The number of nitrogens with zero attached hydrogens (tertiary/aromatic N) is 1. The largest absolute Gasteiger partial charge is 0.380 e. The maximum Gasteiger partial charge on any atom is 0.268 e. The Bertz CT molecular complexity index is 587. The molecule has 1 aromatic carbocycles. The first kappa shape index (κ1) is 13.6. The number of hydrogen-bond donors (Lipinski definition) is 1. The monoisotopic (exact) mass is 260 g/mol. The third-order valence-corrected chi connectivity index (χ3v) is 3.23. The van der Waals surface area contributed by atoms with E-state index in [0.29, 0.717) is 25.5 Å². The van der Waals surface area contributed by atoms with Crippen molar-refractivity contribution in [3.63, 3.8) is 0 Å². The summed E-state index contributed by atoms with van der Waals surface area (Å²) < 4.78 is 7.15. The van der Waals surface area contributed by atoms with Crippen molar-refractivity contribution >= 4 is 16.8 Å². The molecule has 4 heteroatoms. The molecule has 0 atom stereocenters. The molecule has 0 bridgehead atoms. The van der Waals surface area contributed by atoms with Crippen molar-refractivity contribution in [2.75, 3.05) is 19.8 Å². The number of ether oxygens (including phenoxy) is 1. The predicted molar refractivity (Wildman–Crippen MR) is 76.5 cm³/mol. The van der Waals surface area contributed by atoms with Gasteiger partial charge in [-0.25, -0.2) is 0 Å². The first-order valence-corrected chi connectivity index (χ1v) is 6.56. The van der Waals surface area contributed by atoms with Crippen LogP contribution in [0.15, 0.2) is 24.3 Å². The van der Waals surface area contributed by atoms with Gasteiger partial charge in [-0.15, -0.1) is 0 Å². The molecule has 0 radical (unpaired) electrons. The summed E-state index contributed by atoms with van der Waals surface area (Å²) in [5.74, 6) is -0.0576. The quantitative estimate of drug-likeness (QED) is 0.838. The minimum absolute atomic E-state index is 0.0576. The van der Waals surface area contributed by atoms with E-state index in [9.17, 15) is 4.79 Å². The summed E-state index contributed by atoms with van der Waals surface area (Å²) in [6, 6.07) is 8.02. The van der Waals surface area contributed by atoms with Gasteiger partial charge in [0.25, 0.3) is 5.91 Å². The second kappa shape index (κ2) is 5.89. The average molecular weight is 260 g/mol. The summed E-state index contributed by atoms with van der Waals surface area (Å²) >= 11 is 0. The van der Waals surface area contributed by atoms with Gasteiger partial charge in [-0.1, -0.05) is 18.2 Å². The van der Waals surface area contributed by atoms with Crippen LogP contribution in [0.25, 0.3) is 10.9 Å². The first-order chi connectivity index (χ1) is 9.15. The molecule has 1 aromatic heterocycles. The SMILES string of the molecule is CCOCCNC(=O)c1cc2cccc(C)c2n1C. The molecule has 0 aliphatic carbocycles. The molecule has 0 aliphatic rings. The Hall–Kier alpha value is -1.81. The lowest BCUT2D eigenvalue weighted by Crippen LogP contribution is -2.28. The zero-order chi connectivity index (χ0) is 13.8. The van der Waals surface area contributed by atoms with E-state index in [2.05, 4.69) is 18.3 Å². The number of benzene rings is 1. The number of carbonyl (C=O) groups is 1. The van der Waals surface area contributed by atoms with Gasteiger partial charge in [0.15, 0.2) is 0 Å². The van der Waals surface area contributed by atoms with E-state index in [1.165, 1.54) is 5.56 Å². The summed E-state index contributed by atoms with van der Waals surface area (Å²) in [6.45, 7) is 5.75. The summed E-state index contributed by atoms with van der Waals surface area (Å²) in [5.41, 5.74) is 2.96. The van der Waals surface area contributed by atoms with E-state index in [4.69, 9.17) is 4.74 Å². The van der Waals surface area contributed by atoms with Crippen LogP contribution in [-0.4, -0.2) is 30.2 Å². The van der Waals surface area contributed by atoms with Crippen molar-refractivity contribution in [1.82, 2.24) is 9.88 Å². The number of aromatic nitrogens is 1. The van der Waals surface area contributed by atoms with Gasteiger partial charge >= 0.3 is 0 Å². The average Bonchev–Trinajstić information content (AvgIpc) is 2.73. The van der Waals surface area contributed by atoms with Gasteiger partial charge in [-0.2, -0.15) is 0 Å². The molecular weight excluding hydrogens is 240 g/mol. The lowest BCUT2D eigenvalue weighted by molar-refractivity contribution is 0.0915. The van der Waals surface area contributed by atoms with Crippen molar-refractivity contribution in [3.8, 4) is 0 Å². The van der Waals surface area contributed by atoms with Gasteiger partial charge in [0.1, 0.15) is 5.69 Å². The highest BCUT2D eigenvalue weighted by molar-refractivity contribution is 5.99. The molecule has 0 spiro atoms. The Balaban J connectivity index is 2.18. The van der Waals surface area contributed by atoms with Crippen LogP contribution in [0.3, 0.4) is 0 Å². The van der Waals surface area contributed by atoms with Crippen LogP contribution in [0.2, 0.25) is 0 Å². The normalized spacial score (nSPS) is 10.9. The van der Waals surface area contributed by atoms with Crippen LogP contribution < -0.4 is 5.32 Å². The molecule has 0 saturated heterocycles. The summed E-state index contributed by atoms with van der Waals surface area (Å²) in [4.78, 5) is 12.1. The fraction of sp³-hybridized carbons (Fsp3) is 0.400. The molecule has 4 nitrogen and oxygen atoms in total. The molecule has 1 N–H and O–H groups in total. The van der Waals surface area contributed by atoms with E-state index in [-0.39, 0.29) is 5.91 Å². The second-order valence-corrected chi connectivity index (χ2v) is 4.55. The molecule has 0 saturated carbocycles. The number of hydrogen-bond acceptors (Lipinski definition) is 2. The number of amides is 1. The highest BCUT2D eigenvalue weighted by Crippen LogP contribution is 2.21. The number of aryl methyl sites for hydroxylation is 2. The maximum atomic E-state index is 12.1. The van der Waals surface area contributed by atoms with E-state index >= 15 is 0 Å². The summed E-state index contributed by atoms with van der Waals surface area (Å²) in [6.07, 6.45) is 0. The molecule has 0 fully saturated rings. The number of nitrogens with one attached hydrogen (secondary N) is 1. The lowest BCUT2D eigenvalue weighted by atomic mass is 10.2. The van der Waals surface area contributed by atoms with E-state index in [1.54, 1.807) is 0 Å². The first-order valence-electron chi connectivity index (χ1n) is 6.56. The topological polar surface area (TPSA) is 43.3 Å². The van der Waals surface area contributed by atoms with Crippen molar-refractivity contribution in [1.29, 1.82) is 0 Å². The van der Waals surface area contributed by atoms with Gasteiger partial charge in [0.2, 0.25) is 0 Å². The van der Waals surface area contributed by atoms with Gasteiger partial charge in [-0.3, -0.25) is 4.79 Å². The molecule has 0 aliphatic heterocycles. The highest BCUT2D eigenvalue weighted by atomic mass is 16.5. The van der Waals surface area contributed by atoms with Crippen LogP contribution in [-0.2, 0) is 11.8 Å². The number of para-hydroxylation sites is 1. The Labute approximate surface area is 113 Å². The Morgan fingerprint density at radius 3 is 2.89 bits per heavy atom. The van der Waals surface area contributed by atoms with Gasteiger partial charge in [-0.05, 0) is 25.5 Å². The van der Waals surface area contributed by atoms with Crippen LogP contribution in [0, 0.1) is 6.92 Å². The van der Waals surface area contributed by atoms with Crippen molar-refractivity contribution in [3.05, 3.63) is 35.5 Å². The van der Waals surface area contributed by atoms with Crippen LogP contribution in [0.1, 0.15) is 23.0 Å². The Morgan fingerprint density at radius 2 is 2.21 bits per heavy atom. The lowest BCUT2D eigenvalue weighted by Gasteiger charge is -2.07. The smallest absolute Gasteiger partial charge is 0.268 e. The summed E-state index contributed by atoms with van der Waals surface area (Å²) in [5, 5.41) is 3.97. The third kappa shape index (κ3) is 2.79. The molecule has 0 unspecified atom stereocenters. The number of carbonyl (C=O) groups excluding carboxylic acids is 1. The zero-order valence-electron chi connectivity index (χ0n) is 11.7. The Morgan fingerprint density at radius 1 is 1.42 bits per heavy atom. The van der Waals surface area contributed by atoms with Gasteiger partial charge < -0.3 is 14.6 Å². The molecule has 1 heterocycles. The molecule has 102 valence electrons. The minimum Gasteiger partial charge on any atom is -0.380 e. The van der Waals surface area contributed by atoms with Gasteiger partial charge in [0.05, 0.1) is 12.1 Å². The standard InChI is InChI=1S/C15H20N2O2/c1-4-19-9-8-16-15(18)13-10-12-7-5-6-11(2)14(12)17(13)3/h5-7,10H,4,8-9H2,1-3H3,(H,16,18). The van der Waals surface area contributed by atoms with E-state index in [0.717, 1.165) is 10.9 Å². The van der Waals surface area contributed by atoms with Crippen molar-refractivity contribution < 1.29 is 9.53 Å². The molecule has 1 amide bonds. The molecule has 2 aromatic rings. The number of rotatable bonds is 5. The highest BCUT2D eigenvalue weighted by Gasteiger charge is 2.13. The zero-order valence-corrected chi connectivity index (χ0v) is 11.7. The van der Waals surface area contributed by atoms with Crippen molar-refractivity contribution in [2.45, 2.75) is 13.8 Å².